The molecule has 1 aromatic rings. The molecule has 1 fully saturated rings. The van der Waals surface area contributed by atoms with Crippen LogP contribution in [0.4, 0.5) is 0 Å². The lowest BCUT2D eigenvalue weighted by Crippen LogP contribution is -2.33. The van der Waals surface area contributed by atoms with Gasteiger partial charge in [0.15, 0.2) is 5.16 Å². The second-order valence-electron chi connectivity index (χ2n) is 5.56. The molecule has 1 aromatic heterocycles. The van der Waals surface area contributed by atoms with Gasteiger partial charge in [-0.1, -0.05) is 25.6 Å². The summed E-state index contributed by atoms with van der Waals surface area (Å²) in [5.74, 6) is 0.690. The number of hydrogen-bond donors (Lipinski definition) is 1. The number of nitrogens with one attached hydrogen (secondary N) is 1. The summed E-state index contributed by atoms with van der Waals surface area (Å²) < 4.78 is 0. The first-order valence-corrected chi connectivity index (χ1v) is 8.12. The van der Waals surface area contributed by atoms with E-state index in [2.05, 4.69) is 49.9 Å². The maximum absolute atomic E-state index is 4.63. The molecule has 1 aliphatic rings. The molecule has 0 aromatic carbocycles. The maximum atomic E-state index is 4.63. The van der Waals surface area contributed by atoms with Crippen molar-refractivity contribution in [1.29, 1.82) is 0 Å². The summed E-state index contributed by atoms with van der Waals surface area (Å²) >= 11 is 1.86. The standard InChI is InChI=1S/C15H25N3S/c1-6-16-13-7-8-14(10(13)3)19-15-17-11(4)9(2)12(5)18-15/h10,13-14,16H,6-8H2,1-5H3. The van der Waals surface area contributed by atoms with Gasteiger partial charge >= 0.3 is 0 Å². The molecule has 3 unspecified atom stereocenters. The Labute approximate surface area is 121 Å². The van der Waals surface area contributed by atoms with Crippen LogP contribution in [-0.4, -0.2) is 27.8 Å². The molecular formula is C15H25N3S. The van der Waals surface area contributed by atoms with Crippen LogP contribution in [-0.2, 0) is 0 Å². The predicted molar refractivity (Wildman–Crippen MR) is 81.8 cm³/mol. The molecule has 4 heteroatoms. The fourth-order valence-corrected chi connectivity index (χ4v) is 4.08. The average Bonchev–Trinajstić information content (AvgIpc) is 2.69. The van der Waals surface area contributed by atoms with Crippen molar-refractivity contribution in [1.82, 2.24) is 15.3 Å². The monoisotopic (exact) mass is 279 g/mol. The van der Waals surface area contributed by atoms with Crippen molar-refractivity contribution in [2.24, 2.45) is 5.92 Å². The van der Waals surface area contributed by atoms with Crippen LogP contribution >= 0.6 is 11.8 Å². The fourth-order valence-electron chi connectivity index (χ4n) is 2.77. The molecule has 2 rings (SSSR count). The van der Waals surface area contributed by atoms with Gasteiger partial charge in [-0.05, 0) is 51.6 Å². The van der Waals surface area contributed by atoms with Gasteiger partial charge in [-0.3, -0.25) is 0 Å². The third kappa shape index (κ3) is 3.29. The molecule has 3 nitrogen and oxygen atoms in total. The number of aromatic nitrogens is 2. The number of rotatable bonds is 4. The Balaban J connectivity index is 2.06. The van der Waals surface area contributed by atoms with Crippen LogP contribution in [0.15, 0.2) is 5.16 Å². The molecule has 3 atom stereocenters. The van der Waals surface area contributed by atoms with Crippen LogP contribution < -0.4 is 5.32 Å². The van der Waals surface area contributed by atoms with Gasteiger partial charge in [0.05, 0.1) is 0 Å². The predicted octanol–water partition coefficient (Wildman–Crippen LogP) is 3.27. The molecule has 0 spiro atoms. The summed E-state index contributed by atoms with van der Waals surface area (Å²) in [6.45, 7) is 11.8. The van der Waals surface area contributed by atoms with Crippen LogP contribution in [0.5, 0.6) is 0 Å². The van der Waals surface area contributed by atoms with Crippen molar-refractivity contribution in [3.05, 3.63) is 17.0 Å². The van der Waals surface area contributed by atoms with Gasteiger partial charge in [-0.2, -0.15) is 0 Å². The van der Waals surface area contributed by atoms with Crippen LogP contribution in [0.2, 0.25) is 0 Å². The second-order valence-corrected chi connectivity index (χ2v) is 6.77. The highest BCUT2D eigenvalue weighted by molar-refractivity contribution is 7.99. The summed E-state index contributed by atoms with van der Waals surface area (Å²) in [6.07, 6.45) is 2.54. The summed E-state index contributed by atoms with van der Waals surface area (Å²) in [5, 5.41) is 5.19. The fraction of sp³-hybridized carbons (Fsp3) is 0.733. The van der Waals surface area contributed by atoms with E-state index < -0.39 is 0 Å². The van der Waals surface area contributed by atoms with Crippen molar-refractivity contribution in [3.63, 3.8) is 0 Å². The van der Waals surface area contributed by atoms with Gasteiger partial charge in [0, 0.05) is 22.7 Å². The summed E-state index contributed by atoms with van der Waals surface area (Å²) in [4.78, 5) is 9.27. The van der Waals surface area contributed by atoms with Gasteiger partial charge in [-0.25, -0.2) is 9.97 Å². The summed E-state index contributed by atoms with van der Waals surface area (Å²) in [6, 6.07) is 0.662. The zero-order valence-corrected chi connectivity index (χ0v) is 13.5. The highest BCUT2D eigenvalue weighted by Crippen LogP contribution is 2.38. The van der Waals surface area contributed by atoms with Crippen molar-refractivity contribution >= 4 is 11.8 Å². The molecule has 0 aliphatic heterocycles. The molecule has 0 bridgehead atoms. The van der Waals surface area contributed by atoms with E-state index in [0.29, 0.717) is 17.2 Å². The van der Waals surface area contributed by atoms with Gasteiger partial charge in [-0.15, -0.1) is 0 Å². The molecular weight excluding hydrogens is 254 g/mol. The maximum Gasteiger partial charge on any atom is 0.188 e. The van der Waals surface area contributed by atoms with Crippen molar-refractivity contribution in [2.45, 2.75) is 63.9 Å². The molecule has 19 heavy (non-hydrogen) atoms. The van der Waals surface area contributed by atoms with E-state index in [-0.39, 0.29) is 0 Å². The van der Waals surface area contributed by atoms with Gasteiger partial charge in [0.1, 0.15) is 0 Å². The van der Waals surface area contributed by atoms with E-state index in [4.69, 9.17) is 0 Å². The van der Waals surface area contributed by atoms with Crippen LogP contribution in [0.25, 0.3) is 0 Å². The number of thioether (sulfide) groups is 1. The Morgan fingerprint density at radius 2 is 1.79 bits per heavy atom. The zero-order chi connectivity index (χ0) is 14.0. The zero-order valence-electron chi connectivity index (χ0n) is 12.7. The molecule has 0 amide bonds. The first-order valence-electron chi connectivity index (χ1n) is 7.24. The molecule has 1 heterocycles. The smallest absolute Gasteiger partial charge is 0.188 e. The van der Waals surface area contributed by atoms with Gasteiger partial charge in [0.25, 0.3) is 0 Å². The minimum Gasteiger partial charge on any atom is -0.314 e. The van der Waals surface area contributed by atoms with Gasteiger partial charge in [0.2, 0.25) is 0 Å². The highest BCUT2D eigenvalue weighted by Gasteiger charge is 2.33. The highest BCUT2D eigenvalue weighted by atomic mass is 32.2. The SMILES string of the molecule is CCNC1CCC(Sc2nc(C)c(C)c(C)n2)C1C. The first kappa shape index (κ1) is 14.8. The lowest BCUT2D eigenvalue weighted by atomic mass is 10.1. The summed E-state index contributed by atoms with van der Waals surface area (Å²) in [7, 11) is 0. The number of hydrogen-bond acceptors (Lipinski definition) is 4. The molecule has 1 N–H and O–H groups in total. The molecule has 1 saturated carbocycles. The third-order valence-corrected chi connectivity index (χ3v) is 5.68. The number of nitrogens with zero attached hydrogens (tertiary/aromatic N) is 2. The second kappa shape index (κ2) is 6.23. The lowest BCUT2D eigenvalue weighted by molar-refractivity contribution is 0.441. The average molecular weight is 279 g/mol. The minimum absolute atomic E-state index is 0.644. The Hall–Kier alpha value is -0.610. The third-order valence-electron chi connectivity index (χ3n) is 4.32. The van der Waals surface area contributed by atoms with E-state index in [1.807, 2.05) is 11.8 Å². The van der Waals surface area contributed by atoms with Gasteiger partial charge < -0.3 is 5.32 Å². The summed E-state index contributed by atoms with van der Waals surface area (Å²) in [5.41, 5.74) is 3.45. The normalized spacial score (nSPS) is 26.9. The Bertz CT molecular complexity index is 424. The van der Waals surface area contributed by atoms with Crippen molar-refractivity contribution in [3.8, 4) is 0 Å². The van der Waals surface area contributed by atoms with E-state index in [1.165, 1.54) is 18.4 Å². The largest absolute Gasteiger partial charge is 0.314 e. The topological polar surface area (TPSA) is 37.8 Å². The van der Waals surface area contributed by atoms with E-state index in [9.17, 15) is 0 Å². The Kier molecular flexibility index (Phi) is 4.85. The molecule has 0 saturated heterocycles. The van der Waals surface area contributed by atoms with Crippen LogP contribution in [0, 0.1) is 26.7 Å². The van der Waals surface area contributed by atoms with E-state index >= 15 is 0 Å². The molecule has 0 radical (unpaired) electrons. The molecule has 1 aliphatic carbocycles. The van der Waals surface area contributed by atoms with Crippen molar-refractivity contribution < 1.29 is 0 Å². The van der Waals surface area contributed by atoms with Crippen molar-refractivity contribution in [2.75, 3.05) is 6.54 Å². The number of aryl methyl sites for hydroxylation is 2. The van der Waals surface area contributed by atoms with Crippen LogP contribution in [0.3, 0.4) is 0 Å². The first-order chi connectivity index (χ1) is 9.02. The quantitative estimate of drug-likeness (QED) is 0.858. The Morgan fingerprint density at radius 3 is 2.37 bits per heavy atom. The van der Waals surface area contributed by atoms with E-state index in [0.717, 1.165) is 23.1 Å². The lowest BCUT2D eigenvalue weighted by Gasteiger charge is -2.20. The molecule has 106 valence electrons. The van der Waals surface area contributed by atoms with Crippen LogP contribution in [0.1, 0.15) is 43.6 Å². The minimum atomic E-state index is 0.644. The van der Waals surface area contributed by atoms with E-state index in [1.54, 1.807) is 0 Å². The Morgan fingerprint density at radius 1 is 1.16 bits per heavy atom.